The molecular weight excluding hydrogens is 210 g/mol. The Kier molecular flexibility index (Phi) is 2.43. The highest BCUT2D eigenvalue weighted by molar-refractivity contribution is 5.82. The molecule has 1 heterocycles. The predicted octanol–water partition coefficient (Wildman–Crippen LogP) is 4.58. The normalized spacial score (nSPS) is 11.3. The maximum atomic E-state index is 4.22. The lowest BCUT2D eigenvalue weighted by Crippen LogP contribution is -1.67. The average molecular weight is 221 g/mol. The van der Waals surface area contributed by atoms with Crippen molar-refractivity contribution in [3.8, 4) is 0 Å². The van der Waals surface area contributed by atoms with Crippen LogP contribution in [0.2, 0.25) is 0 Å². The zero-order chi connectivity index (χ0) is 11.5. The van der Waals surface area contributed by atoms with Gasteiger partial charge >= 0.3 is 0 Å². The van der Waals surface area contributed by atoms with Gasteiger partial charge in [0.15, 0.2) is 0 Å². The minimum Gasteiger partial charge on any atom is -0.361 e. The molecule has 0 bridgehead atoms. The lowest BCUT2D eigenvalue weighted by atomic mass is 10.2. The zero-order valence-corrected chi connectivity index (χ0v) is 9.17. The van der Waals surface area contributed by atoms with Gasteiger partial charge in [0.05, 0.1) is 11.4 Å². The number of aromatic nitrogens is 1. The van der Waals surface area contributed by atoms with Crippen molar-refractivity contribution in [2.75, 3.05) is 0 Å². The van der Waals surface area contributed by atoms with Crippen molar-refractivity contribution in [2.45, 2.75) is 0 Å². The molecule has 0 amide bonds. The van der Waals surface area contributed by atoms with Crippen molar-refractivity contribution < 1.29 is 0 Å². The minimum atomic E-state index is 0.862. The van der Waals surface area contributed by atoms with Crippen molar-refractivity contribution in [3.63, 3.8) is 0 Å². The highest BCUT2D eigenvalue weighted by atomic mass is 15.1. The molecule has 0 atom stereocenters. The summed E-state index contributed by atoms with van der Waals surface area (Å²) in [7, 11) is 0. The summed E-state index contributed by atoms with van der Waals surface area (Å²) in [6.07, 6.45) is 1.92. The van der Waals surface area contributed by atoms with E-state index in [-0.39, 0.29) is 0 Å². The van der Waals surface area contributed by atoms with Crippen molar-refractivity contribution in [1.82, 2.24) is 4.98 Å². The summed E-state index contributed by atoms with van der Waals surface area (Å²) in [6, 6.07) is 17.7. The monoisotopic (exact) mass is 221 g/mol. The lowest BCUT2D eigenvalue weighted by molar-refractivity contribution is 1.23. The van der Waals surface area contributed by atoms with Gasteiger partial charge in [-0.15, -0.1) is 0 Å². The maximum Gasteiger partial charge on any atom is 0.0864 e. The van der Waals surface area contributed by atoms with Gasteiger partial charge in [-0.05, 0) is 36.4 Å². The smallest absolute Gasteiger partial charge is 0.0864 e. The number of fused-ring (bicyclic) bond motifs is 1. The number of nitrogens with zero attached hydrogens (tertiary/aromatic N) is 2. The first-order chi connectivity index (χ1) is 8.42. The molecule has 0 radical (unpaired) electrons. The van der Waals surface area contributed by atoms with E-state index in [0.717, 1.165) is 22.3 Å². The highest BCUT2D eigenvalue weighted by Crippen LogP contribution is 2.22. The quantitative estimate of drug-likeness (QED) is 0.615. The van der Waals surface area contributed by atoms with E-state index in [1.165, 1.54) is 0 Å². The van der Waals surface area contributed by atoms with E-state index < -0.39 is 0 Å². The number of nitrogens with one attached hydrogen (secondary N) is 1. The molecule has 17 heavy (non-hydrogen) atoms. The van der Waals surface area contributed by atoms with E-state index >= 15 is 0 Å². The third-order valence-electron chi connectivity index (χ3n) is 2.57. The zero-order valence-electron chi connectivity index (χ0n) is 9.17. The first-order valence-electron chi connectivity index (χ1n) is 5.46. The molecule has 0 spiro atoms. The molecule has 2 aromatic carbocycles. The van der Waals surface area contributed by atoms with Crippen LogP contribution in [0, 0.1) is 0 Å². The Balaban J connectivity index is 1.92. The molecule has 0 unspecified atom stereocenters. The Bertz CT molecular complexity index is 653. The number of azo groups is 1. The minimum absolute atomic E-state index is 0.862. The van der Waals surface area contributed by atoms with Crippen molar-refractivity contribution in [1.29, 1.82) is 0 Å². The molecule has 0 saturated carbocycles. The van der Waals surface area contributed by atoms with Gasteiger partial charge in [-0.1, -0.05) is 18.2 Å². The Morgan fingerprint density at radius 2 is 1.59 bits per heavy atom. The maximum absolute atomic E-state index is 4.22. The highest BCUT2D eigenvalue weighted by Gasteiger charge is 1.95. The van der Waals surface area contributed by atoms with Crippen LogP contribution in [0.4, 0.5) is 11.4 Å². The van der Waals surface area contributed by atoms with Crippen LogP contribution in [-0.2, 0) is 0 Å². The fourth-order valence-corrected chi connectivity index (χ4v) is 1.71. The van der Waals surface area contributed by atoms with E-state index in [1.807, 2.05) is 60.8 Å². The fraction of sp³-hybridized carbons (Fsp3) is 0. The third kappa shape index (κ3) is 2.08. The standard InChI is InChI=1S/C14H11N3/c1-2-4-12(5-3-1)16-17-13-6-7-14-11(10-13)8-9-15-14/h1-10,15H. The molecule has 3 aromatic rings. The first-order valence-corrected chi connectivity index (χ1v) is 5.46. The molecule has 0 aliphatic carbocycles. The molecule has 3 rings (SSSR count). The Morgan fingerprint density at radius 3 is 2.47 bits per heavy atom. The molecule has 0 saturated heterocycles. The molecule has 1 N–H and O–H groups in total. The Hall–Kier alpha value is -2.42. The number of rotatable bonds is 2. The van der Waals surface area contributed by atoms with E-state index in [2.05, 4.69) is 15.2 Å². The second kappa shape index (κ2) is 4.22. The van der Waals surface area contributed by atoms with Crippen LogP contribution < -0.4 is 0 Å². The molecule has 1 aromatic heterocycles. The van der Waals surface area contributed by atoms with E-state index in [9.17, 15) is 0 Å². The van der Waals surface area contributed by atoms with Gasteiger partial charge in [0.1, 0.15) is 0 Å². The van der Waals surface area contributed by atoms with E-state index in [0.29, 0.717) is 0 Å². The second-order valence-electron chi connectivity index (χ2n) is 3.78. The topological polar surface area (TPSA) is 40.5 Å². The van der Waals surface area contributed by atoms with Crippen molar-refractivity contribution in [2.24, 2.45) is 10.2 Å². The van der Waals surface area contributed by atoms with Gasteiger partial charge < -0.3 is 4.98 Å². The third-order valence-corrected chi connectivity index (χ3v) is 2.57. The number of hydrogen-bond acceptors (Lipinski definition) is 2. The van der Waals surface area contributed by atoms with Gasteiger partial charge in [0.25, 0.3) is 0 Å². The Morgan fingerprint density at radius 1 is 0.765 bits per heavy atom. The number of H-pyrrole nitrogens is 1. The molecule has 3 nitrogen and oxygen atoms in total. The van der Waals surface area contributed by atoms with E-state index in [1.54, 1.807) is 0 Å². The number of benzene rings is 2. The van der Waals surface area contributed by atoms with Crippen LogP contribution in [-0.4, -0.2) is 4.98 Å². The van der Waals surface area contributed by atoms with Gasteiger partial charge in [0.2, 0.25) is 0 Å². The number of aromatic amines is 1. The second-order valence-corrected chi connectivity index (χ2v) is 3.78. The lowest BCUT2D eigenvalue weighted by Gasteiger charge is -1.94. The number of hydrogen-bond donors (Lipinski definition) is 1. The summed E-state index contributed by atoms with van der Waals surface area (Å²) in [5.74, 6) is 0. The van der Waals surface area contributed by atoms with Crippen LogP contribution in [0.1, 0.15) is 0 Å². The first kappa shape index (κ1) is 9.78. The van der Waals surface area contributed by atoms with Crippen molar-refractivity contribution in [3.05, 3.63) is 60.8 Å². The van der Waals surface area contributed by atoms with Crippen LogP contribution in [0.5, 0.6) is 0 Å². The summed E-state index contributed by atoms with van der Waals surface area (Å²) in [6.45, 7) is 0. The van der Waals surface area contributed by atoms with Gasteiger partial charge in [-0.3, -0.25) is 0 Å². The average Bonchev–Trinajstić information content (AvgIpc) is 2.85. The van der Waals surface area contributed by atoms with Gasteiger partial charge in [-0.25, -0.2) is 0 Å². The van der Waals surface area contributed by atoms with Crippen LogP contribution in [0.25, 0.3) is 10.9 Å². The SMILES string of the molecule is c1ccc(N=Nc2ccc3[nH]ccc3c2)cc1. The van der Waals surface area contributed by atoms with Crippen LogP contribution in [0.3, 0.4) is 0 Å². The van der Waals surface area contributed by atoms with Crippen molar-refractivity contribution >= 4 is 22.3 Å². The molecule has 3 heteroatoms. The van der Waals surface area contributed by atoms with Crippen LogP contribution >= 0.6 is 0 Å². The predicted molar refractivity (Wildman–Crippen MR) is 68.9 cm³/mol. The van der Waals surface area contributed by atoms with Gasteiger partial charge in [-0.2, -0.15) is 10.2 Å². The molecule has 0 fully saturated rings. The Labute approximate surface area is 98.8 Å². The van der Waals surface area contributed by atoms with Gasteiger partial charge in [0, 0.05) is 17.1 Å². The summed E-state index contributed by atoms with van der Waals surface area (Å²) in [5, 5.41) is 9.55. The van der Waals surface area contributed by atoms with E-state index in [4.69, 9.17) is 0 Å². The molecule has 0 aliphatic heterocycles. The fourth-order valence-electron chi connectivity index (χ4n) is 1.71. The summed E-state index contributed by atoms with van der Waals surface area (Å²) in [5.41, 5.74) is 2.84. The molecule has 0 aliphatic rings. The summed E-state index contributed by atoms with van der Waals surface area (Å²) >= 11 is 0. The van der Waals surface area contributed by atoms with Crippen LogP contribution in [0.15, 0.2) is 71.0 Å². The summed E-state index contributed by atoms with van der Waals surface area (Å²) in [4.78, 5) is 3.15. The largest absolute Gasteiger partial charge is 0.361 e. The molecule has 82 valence electrons. The summed E-state index contributed by atoms with van der Waals surface area (Å²) < 4.78 is 0. The molecular formula is C14H11N3.